The van der Waals surface area contributed by atoms with Gasteiger partial charge >= 0.3 is 5.97 Å². The zero-order valence-corrected chi connectivity index (χ0v) is 17.8. The Labute approximate surface area is 181 Å². The molecule has 1 heterocycles. The number of aliphatic carboxylic acids is 1. The average molecular weight is 431 g/mol. The average Bonchev–Trinajstić information content (AvgIpc) is 2.72. The molecule has 0 spiro atoms. The smallest absolute Gasteiger partial charge is 0.322 e. The van der Waals surface area contributed by atoms with Crippen LogP contribution in [0.5, 0.6) is 0 Å². The minimum atomic E-state index is -1.44. The Balaban J connectivity index is 1.99. The van der Waals surface area contributed by atoms with E-state index in [1.807, 2.05) is 32.0 Å². The normalized spacial score (nSPS) is 20.2. The van der Waals surface area contributed by atoms with Crippen molar-refractivity contribution in [2.75, 3.05) is 6.54 Å². The first-order valence-electron chi connectivity index (χ1n) is 10.5. The van der Waals surface area contributed by atoms with Crippen LogP contribution in [0.3, 0.4) is 0 Å². The molecule has 0 aromatic heterocycles. The van der Waals surface area contributed by atoms with Crippen molar-refractivity contribution >= 4 is 17.8 Å². The molecule has 1 fully saturated rings. The molecule has 3 rings (SSSR count). The molecule has 168 valence electrons. The molecule has 1 saturated carbocycles. The Hall–Kier alpha value is -3.07. The summed E-state index contributed by atoms with van der Waals surface area (Å²) >= 11 is 0. The van der Waals surface area contributed by atoms with Crippen molar-refractivity contribution in [3.63, 3.8) is 0 Å². The number of carboxylic acid groups (broad SMARTS) is 1. The molecular formula is C22H29N3O6. The van der Waals surface area contributed by atoms with Crippen LogP contribution in [-0.4, -0.2) is 61.8 Å². The molecule has 1 unspecified atom stereocenters. The number of rotatable bonds is 6. The van der Waals surface area contributed by atoms with Gasteiger partial charge in [-0.05, 0) is 37.8 Å². The summed E-state index contributed by atoms with van der Waals surface area (Å²) in [5.74, 6) is -3.71. The third-order valence-corrected chi connectivity index (χ3v) is 5.91. The summed E-state index contributed by atoms with van der Waals surface area (Å²) < 4.78 is 0. The van der Waals surface area contributed by atoms with Gasteiger partial charge in [0.05, 0.1) is 6.54 Å². The van der Waals surface area contributed by atoms with E-state index in [0.29, 0.717) is 12.8 Å². The number of carboxylic acids is 1. The zero-order chi connectivity index (χ0) is 22.7. The maximum absolute atomic E-state index is 13.2. The Kier molecular flexibility index (Phi) is 6.84. The number of aryl methyl sites for hydroxylation is 2. The van der Waals surface area contributed by atoms with Crippen LogP contribution in [0, 0.1) is 13.8 Å². The van der Waals surface area contributed by atoms with E-state index in [-0.39, 0.29) is 12.6 Å². The molecule has 9 nitrogen and oxygen atoms in total. The summed E-state index contributed by atoms with van der Waals surface area (Å²) in [6.07, 6.45) is 2.76. The highest BCUT2D eigenvalue weighted by Gasteiger charge is 2.45. The molecule has 1 aromatic carbocycles. The molecular weight excluding hydrogens is 402 g/mol. The highest BCUT2D eigenvalue weighted by molar-refractivity contribution is 6.19. The Morgan fingerprint density at radius 1 is 1.16 bits per heavy atom. The quantitative estimate of drug-likeness (QED) is 0.503. The molecule has 1 aromatic rings. The van der Waals surface area contributed by atoms with Crippen LogP contribution in [0.15, 0.2) is 29.7 Å². The predicted octanol–water partition coefficient (Wildman–Crippen LogP) is 1.53. The van der Waals surface area contributed by atoms with E-state index in [9.17, 15) is 24.6 Å². The second-order valence-corrected chi connectivity index (χ2v) is 8.18. The van der Waals surface area contributed by atoms with Gasteiger partial charge in [-0.15, -0.1) is 0 Å². The van der Waals surface area contributed by atoms with E-state index < -0.39 is 42.1 Å². The molecule has 2 aliphatic rings. The van der Waals surface area contributed by atoms with Gasteiger partial charge in [0.2, 0.25) is 12.2 Å². The van der Waals surface area contributed by atoms with Crippen molar-refractivity contribution in [2.45, 2.75) is 64.9 Å². The number of amides is 2. The number of carbonyl (C=O) groups is 3. The van der Waals surface area contributed by atoms with Gasteiger partial charge in [-0.2, -0.15) is 0 Å². The Morgan fingerprint density at radius 3 is 2.45 bits per heavy atom. The fraction of sp³-hybridized carbons (Fsp3) is 0.500. The van der Waals surface area contributed by atoms with Crippen molar-refractivity contribution in [1.82, 2.24) is 15.1 Å². The van der Waals surface area contributed by atoms with Crippen LogP contribution in [0.4, 0.5) is 0 Å². The third-order valence-electron chi connectivity index (χ3n) is 5.91. The second kappa shape index (κ2) is 9.38. The van der Waals surface area contributed by atoms with Gasteiger partial charge in [0.25, 0.3) is 11.8 Å². The molecule has 1 aliphatic carbocycles. The Morgan fingerprint density at radius 2 is 1.84 bits per heavy atom. The van der Waals surface area contributed by atoms with E-state index in [2.05, 4.69) is 5.32 Å². The van der Waals surface area contributed by atoms with Crippen LogP contribution >= 0.6 is 0 Å². The SMILES string of the molecule is Cc1ccc(CN2C(O)=C(C(=O)NCC(=O)O)C(=O)N(C3CCCCC3)C2O)c(C)c1. The van der Waals surface area contributed by atoms with E-state index in [4.69, 9.17) is 5.11 Å². The number of hydrogen-bond donors (Lipinski definition) is 4. The zero-order valence-electron chi connectivity index (χ0n) is 17.8. The fourth-order valence-corrected chi connectivity index (χ4v) is 4.25. The monoisotopic (exact) mass is 431 g/mol. The summed E-state index contributed by atoms with van der Waals surface area (Å²) in [6, 6.07) is 5.48. The number of aliphatic hydroxyl groups excluding tert-OH is 2. The maximum Gasteiger partial charge on any atom is 0.322 e. The first-order valence-corrected chi connectivity index (χ1v) is 10.5. The van der Waals surface area contributed by atoms with Crippen molar-refractivity contribution in [1.29, 1.82) is 0 Å². The molecule has 1 atom stereocenters. The van der Waals surface area contributed by atoms with Crippen LogP contribution in [0.25, 0.3) is 0 Å². The minimum Gasteiger partial charge on any atom is -0.494 e. The van der Waals surface area contributed by atoms with Gasteiger partial charge in [0.15, 0.2) is 5.57 Å². The van der Waals surface area contributed by atoms with Crippen LogP contribution in [0.2, 0.25) is 0 Å². The van der Waals surface area contributed by atoms with Crippen molar-refractivity contribution in [3.05, 3.63) is 46.3 Å². The largest absolute Gasteiger partial charge is 0.494 e. The molecule has 0 radical (unpaired) electrons. The number of nitrogens with zero attached hydrogens (tertiary/aromatic N) is 2. The summed E-state index contributed by atoms with van der Waals surface area (Å²) in [7, 11) is 0. The lowest BCUT2D eigenvalue weighted by Gasteiger charge is -2.45. The molecule has 2 amide bonds. The van der Waals surface area contributed by atoms with E-state index in [1.54, 1.807) is 0 Å². The van der Waals surface area contributed by atoms with Gasteiger partial charge < -0.3 is 20.6 Å². The minimum absolute atomic E-state index is 0.0747. The second-order valence-electron chi connectivity index (χ2n) is 8.18. The Bertz CT molecular complexity index is 907. The number of benzene rings is 1. The summed E-state index contributed by atoms with van der Waals surface area (Å²) in [5, 5.41) is 32.9. The van der Waals surface area contributed by atoms with Crippen molar-refractivity contribution in [3.8, 4) is 0 Å². The number of nitrogens with one attached hydrogen (secondary N) is 1. The van der Waals surface area contributed by atoms with Crippen molar-refractivity contribution < 1.29 is 29.7 Å². The number of aliphatic hydroxyl groups is 2. The van der Waals surface area contributed by atoms with Crippen LogP contribution in [-0.2, 0) is 20.9 Å². The van der Waals surface area contributed by atoms with Gasteiger partial charge in [-0.25, -0.2) is 0 Å². The lowest BCUT2D eigenvalue weighted by Crippen LogP contribution is -2.60. The highest BCUT2D eigenvalue weighted by atomic mass is 16.4. The van der Waals surface area contributed by atoms with E-state index in [0.717, 1.165) is 36.0 Å². The molecule has 9 heteroatoms. The standard InChI is InChI=1S/C22H29N3O6/c1-13-8-9-15(14(2)10-13)12-24-20(29)18(19(28)23-11-17(26)27)21(30)25(22(24)31)16-6-4-3-5-7-16/h8-10,16,22,29,31H,3-7,11-12H2,1-2H3,(H,23,28)(H,26,27). The summed E-state index contributed by atoms with van der Waals surface area (Å²) in [6.45, 7) is 3.25. The topological polar surface area (TPSA) is 130 Å². The lowest BCUT2D eigenvalue weighted by molar-refractivity contribution is -0.174. The number of carbonyl (C=O) groups excluding carboxylic acids is 2. The molecule has 1 aliphatic heterocycles. The van der Waals surface area contributed by atoms with Crippen molar-refractivity contribution in [2.24, 2.45) is 0 Å². The first-order chi connectivity index (χ1) is 14.7. The summed E-state index contributed by atoms with van der Waals surface area (Å²) in [4.78, 5) is 39.1. The predicted molar refractivity (Wildman–Crippen MR) is 111 cm³/mol. The molecule has 4 N–H and O–H groups in total. The summed E-state index contributed by atoms with van der Waals surface area (Å²) in [5.41, 5.74) is 2.27. The van der Waals surface area contributed by atoms with Crippen LogP contribution < -0.4 is 5.32 Å². The molecule has 31 heavy (non-hydrogen) atoms. The van der Waals surface area contributed by atoms with E-state index >= 15 is 0 Å². The first kappa shape index (κ1) is 22.6. The molecule has 0 bridgehead atoms. The van der Waals surface area contributed by atoms with Gasteiger partial charge in [-0.3, -0.25) is 24.2 Å². The van der Waals surface area contributed by atoms with E-state index in [1.165, 1.54) is 9.80 Å². The van der Waals surface area contributed by atoms with Gasteiger partial charge in [0, 0.05) is 6.04 Å². The third kappa shape index (κ3) is 4.82. The molecule has 0 saturated heterocycles. The maximum atomic E-state index is 13.2. The lowest BCUT2D eigenvalue weighted by atomic mass is 9.93. The highest BCUT2D eigenvalue weighted by Crippen LogP contribution is 2.32. The van der Waals surface area contributed by atoms with Crippen LogP contribution in [0.1, 0.15) is 48.8 Å². The number of hydrogen-bond acceptors (Lipinski definition) is 6. The fourth-order valence-electron chi connectivity index (χ4n) is 4.25. The van der Waals surface area contributed by atoms with Gasteiger partial charge in [0.1, 0.15) is 6.54 Å². The van der Waals surface area contributed by atoms with Gasteiger partial charge in [-0.1, -0.05) is 43.0 Å².